The number of methoxy groups -OCH3 is 1. The number of sulfonamides is 1. The Morgan fingerprint density at radius 2 is 1.69 bits per heavy atom. The molecule has 3 rings (SSSR count). The fourth-order valence-corrected chi connectivity index (χ4v) is 3.52. The molecular formula is C20H16F2N2O4S. The molecule has 0 aliphatic rings. The summed E-state index contributed by atoms with van der Waals surface area (Å²) in [5, 5.41) is 2.32. The molecule has 0 spiro atoms. The molecular weight excluding hydrogens is 402 g/mol. The van der Waals surface area contributed by atoms with Crippen LogP contribution in [0.2, 0.25) is 0 Å². The van der Waals surface area contributed by atoms with Crippen molar-refractivity contribution >= 4 is 27.3 Å². The number of hydrogen-bond donors (Lipinski definition) is 2. The summed E-state index contributed by atoms with van der Waals surface area (Å²) in [6, 6.07) is 14.0. The number of amides is 1. The highest BCUT2D eigenvalue weighted by atomic mass is 32.2. The van der Waals surface area contributed by atoms with Crippen molar-refractivity contribution < 1.29 is 26.7 Å². The minimum atomic E-state index is -4.06. The Morgan fingerprint density at radius 1 is 0.966 bits per heavy atom. The third kappa shape index (κ3) is 4.88. The maximum Gasteiger partial charge on any atom is 0.262 e. The van der Waals surface area contributed by atoms with E-state index in [4.69, 9.17) is 4.74 Å². The monoisotopic (exact) mass is 418 g/mol. The van der Waals surface area contributed by atoms with Gasteiger partial charge in [-0.15, -0.1) is 0 Å². The molecule has 0 bridgehead atoms. The van der Waals surface area contributed by atoms with Crippen molar-refractivity contribution in [1.82, 2.24) is 0 Å². The van der Waals surface area contributed by atoms with Gasteiger partial charge in [0.25, 0.3) is 15.9 Å². The second-order valence-corrected chi connectivity index (χ2v) is 7.62. The van der Waals surface area contributed by atoms with Gasteiger partial charge in [0.2, 0.25) is 0 Å². The van der Waals surface area contributed by atoms with Gasteiger partial charge < -0.3 is 10.1 Å². The van der Waals surface area contributed by atoms with Crippen molar-refractivity contribution in [3.05, 3.63) is 83.9 Å². The summed E-state index contributed by atoms with van der Waals surface area (Å²) in [7, 11) is -2.62. The Kier molecular flexibility index (Phi) is 5.79. The molecule has 9 heteroatoms. The van der Waals surface area contributed by atoms with Gasteiger partial charge in [0.05, 0.1) is 23.4 Å². The molecule has 3 aromatic rings. The molecule has 0 saturated heterocycles. The quantitative estimate of drug-likeness (QED) is 0.633. The Balaban J connectivity index is 1.79. The van der Waals surface area contributed by atoms with Crippen molar-refractivity contribution in [2.45, 2.75) is 4.90 Å². The second-order valence-electron chi connectivity index (χ2n) is 5.94. The maximum absolute atomic E-state index is 14.4. The lowest BCUT2D eigenvalue weighted by Crippen LogP contribution is -2.15. The average molecular weight is 418 g/mol. The average Bonchev–Trinajstić information content (AvgIpc) is 2.69. The van der Waals surface area contributed by atoms with E-state index in [0.717, 1.165) is 30.3 Å². The van der Waals surface area contributed by atoms with Crippen LogP contribution < -0.4 is 14.8 Å². The highest BCUT2D eigenvalue weighted by Crippen LogP contribution is 2.24. The van der Waals surface area contributed by atoms with E-state index >= 15 is 0 Å². The minimum absolute atomic E-state index is 0.127. The van der Waals surface area contributed by atoms with Crippen LogP contribution in [0.3, 0.4) is 0 Å². The van der Waals surface area contributed by atoms with E-state index in [2.05, 4.69) is 10.0 Å². The predicted octanol–water partition coefficient (Wildman–Crippen LogP) is 4.03. The summed E-state index contributed by atoms with van der Waals surface area (Å²) >= 11 is 0. The van der Waals surface area contributed by atoms with Crippen LogP contribution in [0.15, 0.2) is 71.6 Å². The molecule has 3 aromatic carbocycles. The molecule has 0 aromatic heterocycles. The molecule has 0 unspecified atom stereocenters. The zero-order chi connectivity index (χ0) is 21.0. The van der Waals surface area contributed by atoms with Crippen LogP contribution >= 0.6 is 0 Å². The number of hydrogen-bond acceptors (Lipinski definition) is 4. The second kappa shape index (κ2) is 8.27. The first-order valence-electron chi connectivity index (χ1n) is 8.32. The molecule has 2 N–H and O–H groups in total. The van der Waals surface area contributed by atoms with Crippen molar-refractivity contribution in [3.8, 4) is 5.75 Å². The molecule has 29 heavy (non-hydrogen) atoms. The van der Waals surface area contributed by atoms with Gasteiger partial charge in [-0.3, -0.25) is 9.52 Å². The Hall–Kier alpha value is -3.46. The van der Waals surface area contributed by atoms with Crippen molar-refractivity contribution in [2.75, 3.05) is 17.1 Å². The molecule has 0 aliphatic carbocycles. The predicted molar refractivity (Wildman–Crippen MR) is 105 cm³/mol. The largest absolute Gasteiger partial charge is 0.497 e. The SMILES string of the molecule is COc1cccc(NS(=O)(=O)c2ccc(NC(=O)c3ccc(F)cc3)c(F)c2)c1. The number of ether oxygens (including phenoxy) is 1. The van der Waals surface area contributed by atoms with Crippen LogP contribution in [0.4, 0.5) is 20.2 Å². The van der Waals surface area contributed by atoms with Gasteiger partial charge in [-0.2, -0.15) is 0 Å². The zero-order valence-corrected chi connectivity index (χ0v) is 16.0. The van der Waals surface area contributed by atoms with Gasteiger partial charge >= 0.3 is 0 Å². The van der Waals surface area contributed by atoms with Crippen molar-refractivity contribution in [1.29, 1.82) is 0 Å². The van der Waals surface area contributed by atoms with Crippen LogP contribution in [0.5, 0.6) is 5.75 Å². The fraction of sp³-hybridized carbons (Fsp3) is 0.0500. The maximum atomic E-state index is 14.4. The van der Waals surface area contributed by atoms with E-state index in [-0.39, 0.29) is 21.8 Å². The van der Waals surface area contributed by atoms with Crippen LogP contribution in [-0.2, 0) is 10.0 Å². The van der Waals surface area contributed by atoms with Gasteiger partial charge in [0, 0.05) is 11.6 Å². The number of carbonyl (C=O) groups is 1. The summed E-state index contributed by atoms with van der Waals surface area (Å²) in [5.74, 6) is -1.65. The molecule has 0 atom stereocenters. The number of nitrogens with one attached hydrogen (secondary N) is 2. The number of carbonyl (C=O) groups excluding carboxylic acids is 1. The lowest BCUT2D eigenvalue weighted by atomic mass is 10.2. The van der Waals surface area contributed by atoms with Gasteiger partial charge in [0.1, 0.15) is 17.4 Å². The van der Waals surface area contributed by atoms with Crippen molar-refractivity contribution in [2.24, 2.45) is 0 Å². The first-order chi connectivity index (χ1) is 13.8. The van der Waals surface area contributed by atoms with E-state index in [1.165, 1.54) is 31.4 Å². The summed E-state index contributed by atoms with van der Waals surface area (Å²) < 4.78 is 59.7. The van der Waals surface area contributed by atoms with E-state index in [9.17, 15) is 22.0 Å². The van der Waals surface area contributed by atoms with Crippen LogP contribution in [0, 0.1) is 11.6 Å². The molecule has 150 valence electrons. The summed E-state index contributed by atoms with van der Waals surface area (Å²) in [6.07, 6.45) is 0. The molecule has 0 radical (unpaired) electrons. The zero-order valence-electron chi connectivity index (χ0n) is 15.1. The van der Waals surface area contributed by atoms with Crippen LogP contribution in [-0.4, -0.2) is 21.4 Å². The lowest BCUT2D eigenvalue weighted by molar-refractivity contribution is 0.102. The standard InChI is InChI=1S/C20H16F2N2O4S/c1-28-16-4-2-3-15(11-16)24-29(26,27)17-9-10-19(18(22)12-17)23-20(25)13-5-7-14(21)8-6-13/h2-12,24H,1H3,(H,23,25). The first-order valence-corrected chi connectivity index (χ1v) is 9.80. The lowest BCUT2D eigenvalue weighted by Gasteiger charge is -2.11. The highest BCUT2D eigenvalue weighted by molar-refractivity contribution is 7.92. The normalized spacial score (nSPS) is 11.0. The minimum Gasteiger partial charge on any atom is -0.497 e. The molecule has 0 aliphatic heterocycles. The number of benzene rings is 3. The van der Waals surface area contributed by atoms with Crippen LogP contribution in [0.1, 0.15) is 10.4 Å². The van der Waals surface area contributed by atoms with Crippen molar-refractivity contribution in [3.63, 3.8) is 0 Å². The molecule has 6 nitrogen and oxygen atoms in total. The fourth-order valence-electron chi connectivity index (χ4n) is 2.46. The molecule has 0 saturated carbocycles. The number of halogens is 2. The van der Waals surface area contributed by atoms with Crippen LogP contribution in [0.25, 0.3) is 0 Å². The van der Waals surface area contributed by atoms with E-state index in [1.807, 2.05) is 0 Å². The van der Waals surface area contributed by atoms with Gasteiger partial charge in [0.15, 0.2) is 0 Å². The Morgan fingerprint density at radius 3 is 2.34 bits per heavy atom. The Labute approximate surface area is 166 Å². The topological polar surface area (TPSA) is 84.5 Å². The van der Waals surface area contributed by atoms with Gasteiger partial charge in [-0.05, 0) is 54.6 Å². The summed E-state index contributed by atoms with van der Waals surface area (Å²) in [6.45, 7) is 0. The van der Waals surface area contributed by atoms with E-state index in [1.54, 1.807) is 12.1 Å². The first kappa shape index (κ1) is 20.3. The Bertz CT molecular complexity index is 1150. The number of anilines is 2. The third-order valence-corrected chi connectivity index (χ3v) is 5.31. The third-order valence-electron chi connectivity index (χ3n) is 3.93. The molecule has 0 heterocycles. The van der Waals surface area contributed by atoms with E-state index < -0.39 is 27.6 Å². The van der Waals surface area contributed by atoms with E-state index in [0.29, 0.717) is 5.75 Å². The smallest absolute Gasteiger partial charge is 0.262 e. The number of rotatable bonds is 6. The molecule has 1 amide bonds. The summed E-state index contributed by atoms with van der Waals surface area (Å²) in [5.41, 5.74) is 0.167. The molecule has 0 fully saturated rings. The van der Waals surface area contributed by atoms with Gasteiger partial charge in [-0.1, -0.05) is 6.07 Å². The highest BCUT2D eigenvalue weighted by Gasteiger charge is 2.18. The summed E-state index contributed by atoms with van der Waals surface area (Å²) in [4.78, 5) is 11.8. The van der Waals surface area contributed by atoms with Gasteiger partial charge in [-0.25, -0.2) is 17.2 Å².